The van der Waals surface area contributed by atoms with Gasteiger partial charge in [0.15, 0.2) is 0 Å². The molecule has 17 heavy (non-hydrogen) atoms. The summed E-state index contributed by atoms with van der Waals surface area (Å²) in [5, 5.41) is 3.18. The minimum Gasteiger partial charge on any atom is -0.377 e. The highest BCUT2D eigenvalue weighted by Crippen LogP contribution is 2.16. The fraction of sp³-hybridized carbons (Fsp3) is 0.909. The van der Waals surface area contributed by atoms with Gasteiger partial charge in [-0.3, -0.25) is 4.79 Å². The number of nitrogens with one attached hydrogen (secondary N) is 1. The second-order valence-corrected chi connectivity index (χ2v) is 4.54. The van der Waals surface area contributed by atoms with Crippen LogP contribution in [0.15, 0.2) is 0 Å². The molecule has 2 rings (SSSR count). The third-order valence-corrected chi connectivity index (χ3v) is 3.13. The number of carbonyl (C=O) groups is 1. The van der Waals surface area contributed by atoms with Crippen molar-refractivity contribution in [1.82, 2.24) is 10.2 Å². The highest BCUT2D eigenvalue weighted by atomic mass is 35.5. The number of carbonyl (C=O) groups excluding carboxylic acids is 1. The molecule has 0 aliphatic carbocycles. The van der Waals surface area contributed by atoms with Gasteiger partial charge < -0.3 is 19.7 Å². The largest absolute Gasteiger partial charge is 0.377 e. The summed E-state index contributed by atoms with van der Waals surface area (Å²) in [6.45, 7) is 7.34. The minimum atomic E-state index is -0.322. The number of nitrogens with zero attached hydrogens (tertiary/aromatic N) is 1. The van der Waals surface area contributed by atoms with E-state index in [1.807, 2.05) is 18.7 Å². The lowest BCUT2D eigenvalue weighted by Gasteiger charge is -2.41. The lowest BCUT2D eigenvalue weighted by Crippen LogP contribution is -2.58. The third-order valence-electron chi connectivity index (χ3n) is 3.13. The zero-order valence-electron chi connectivity index (χ0n) is 10.3. The Balaban J connectivity index is 0.00000144. The molecule has 2 fully saturated rings. The predicted octanol–water partition coefficient (Wildman–Crippen LogP) is 0.0324. The smallest absolute Gasteiger partial charge is 0.253 e. The van der Waals surface area contributed by atoms with Gasteiger partial charge in [-0.2, -0.15) is 0 Å². The Labute approximate surface area is 108 Å². The average Bonchev–Trinajstić information content (AvgIpc) is 2.30. The Morgan fingerprint density at radius 1 is 1.29 bits per heavy atom. The van der Waals surface area contributed by atoms with Crippen LogP contribution in [0.2, 0.25) is 0 Å². The van der Waals surface area contributed by atoms with Crippen LogP contribution >= 0.6 is 12.4 Å². The molecule has 0 spiro atoms. The van der Waals surface area contributed by atoms with Gasteiger partial charge in [0.2, 0.25) is 0 Å². The molecule has 2 heterocycles. The Morgan fingerprint density at radius 2 is 1.94 bits per heavy atom. The van der Waals surface area contributed by atoms with Gasteiger partial charge in [0.25, 0.3) is 5.91 Å². The molecule has 2 saturated heterocycles. The second-order valence-electron chi connectivity index (χ2n) is 4.54. The monoisotopic (exact) mass is 264 g/mol. The van der Waals surface area contributed by atoms with E-state index in [0.29, 0.717) is 26.4 Å². The van der Waals surface area contributed by atoms with Crippen molar-refractivity contribution in [2.75, 3.05) is 32.9 Å². The number of rotatable bonds is 1. The molecule has 3 unspecified atom stereocenters. The van der Waals surface area contributed by atoms with Crippen molar-refractivity contribution in [3.05, 3.63) is 0 Å². The number of amides is 1. The number of halogens is 1. The van der Waals surface area contributed by atoms with Crippen LogP contribution < -0.4 is 5.32 Å². The number of hydrogen-bond donors (Lipinski definition) is 1. The Kier molecular flexibility index (Phi) is 5.66. The van der Waals surface area contributed by atoms with Gasteiger partial charge in [0.1, 0.15) is 6.10 Å². The summed E-state index contributed by atoms with van der Waals surface area (Å²) in [7, 11) is 0. The van der Waals surface area contributed by atoms with Gasteiger partial charge in [0.05, 0.1) is 31.9 Å². The van der Waals surface area contributed by atoms with Gasteiger partial charge in [-0.15, -0.1) is 12.4 Å². The topological polar surface area (TPSA) is 50.8 Å². The zero-order chi connectivity index (χ0) is 11.5. The van der Waals surface area contributed by atoms with E-state index in [9.17, 15) is 4.79 Å². The molecule has 6 heteroatoms. The molecule has 100 valence electrons. The number of ether oxygens (including phenoxy) is 2. The summed E-state index contributed by atoms with van der Waals surface area (Å²) in [6, 6.07) is 0.281. The van der Waals surface area contributed by atoms with Crippen LogP contribution in [0, 0.1) is 0 Å². The van der Waals surface area contributed by atoms with Gasteiger partial charge in [0, 0.05) is 13.1 Å². The quantitative estimate of drug-likeness (QED) is 0.726. The lowest BCUT2D eigenvalue weighted by atomic mass is 10.1. The van der Waals surface area contributed by atoms with Crippen LogP contribution in [-0.4, -0.2) is 61.9 Å². The molecule has 0 aromatic heterocycles. The number of hydrogen-bond acceptors (Lipinski definition) is 4. The van der Waals surface area contributed by atoms with Gasteiger partial charge >= 0.3 is 0 Å². The van der Waals surface area contributed by atoms with E-state index >= 15 is 0 Å². The van der Waals surface area contributed by atoms with E-state index in [4.69, 9.17) is 9.47 Å². The molecular weight excluding hydrogens is 244 g/mol. The highest BCUT2D eigenvalue weighted by molar-refractivity contribution is 5.85. The van der Waals surface area contributed by atoms with Crippen LogP contribution in [0.4, 0.5) is 0 Å². The molecule has 0 aromatic carbocycles. The Bertz CT molecular complexity index is 249. The summed E-state index contributed by atoms with van der Waals surface area (Å²) in [5.41, 5.74) is 0. The Morgan fingerprint density at radius 3 is 2.47 bits per heavy atom. The van der Waals surface area contributed by atoms with Gasteiger partial charge in [-0.05, 0) is 13.8 Å². The molecule has 0 radical (unpaired) electrons. The summed E-state index contributed by atoms with van der Waals surface area (Å²) >= 11 is 0. The normalized spacial score (nSPS) is 34.0. The Hall–Kier alpha value is -0.360. The van der Waals surface area contributed by atoms with Gasteiger partial charge in [-0.25, -0.2) is 0 Å². The van der Waals surface area contributed by atoms with E-state index in [1.54, 1.807) is 0 Å². The van der Waals surface area contributed by atoms with Crippen LogP contribution in [0.25, 0.3) is 0 Å². The molecule has 2 aliphatic rings. The van der Waals surface area contributed by atoms with E-state index in [-0.39, 0.29) is 36.5 Å². The number of morpholine rings is 2. The van der Waals surface area contributed by atoms with Gasteiger partial charge in [-0.1, -0.05) is 0 Å². The van der Waals surface area contributed by atoms with Crippen molar-refractivity contribution >= 4 is 18.3 Å². The van der Waals surface area contributed by atoms with Crippen LogP contribution in [0.3, 0.4) is 0 Å². The SMILES string of the molecule is CC1COCC(C)N1C(=O)C1CNCCO1.Cl. The molecule has 1 N–H and O–H groups in total. The first-order chi connectivity index (χ1) is 7.70. The molecule has 0 bridgehead atoms. The molecule has 1 amide bonds. The van der Waals surface area contributed by atoms with Crippen molar-refractivity contribution in [3.63, 3.8) is 0 Å². The van der Waals surface area contributed by atoms with Crippen LogP contribution in [0.1, 0.15) is 13.8 Å². The van der Waals surface area contributed by atoms with Crippen molar-refractivity contribution < 1.29 is 14.3 Å². The maximum Gasteiger partial charge on any atom is 0.253 e. The van der Waals surface area contributed by atoms with Crippen molar-refractivity contribution in [2.24, 2.45) is 0 Å². The first-order valence-electron chi connectivity index (χ1n) is 5.92. The van der Waals surface area contributed by atoms with E-state index < -0.39 is 0 Å². The molecule has 0 aromatic rings. The van der Waals surface area contributed by atoms with Crippen LogP contribution in [-0.2, 0) is 14.3 Å². The zero-order valence-corrected chi connectivity index (χ0v) is 11.2. The second kappa shape index (κ2) is 6.54. The fourth-order valence-corrected chi connectivity index (χ4v) is 2.33. The first-order valence-corrected chi connectivity index (χ1v) is 5.92. The molecule has 5 nitrogen and oxygen atoms in total. The fourth-order valence-electron chi connectivity index (χ4n) is 2.33. The van der Waals surface area contributed by atoms with Crippen molar-refractivity contribution in [1.29, 1.82) is 0 Å². The van der Waals surface area contributed by atoms with E-state index in [2.05, 4.69) is 5.32 Å². The average molecular weight is 265 g/mol. The molecule has 2 aliphatic heterocycles. The van der Waals surface area contributed by atoms with Crippen LogP contribution in [0.5, 0.6) is 0 Å². The predicted molar refractivity (Wildman–Crippen MR) is 66.4 cm³/mol. The first kappa shape index (κ1) is 14.7. The molecule has 3 atom stereocenters. The maximum absolute atomic E-state index is 12.3. The maximum atomic E-state index is 12.3. The summed E-state index contributed by atoms with van der Waals surface area (Å²) in [6.07, 6.45) is -0.322. The standard InChI is InChI=1S/C11H20N2O3.ClH/c1-8-6-15-7-9(2)13(8)11(14)10-5-12-3-4-16-10;/h8-10,12H,3-7H2,1-2H3;1H. The van der Waals surface area contributed by atoms with Crippen molar-refractivity contribution in [2.45, 2.75) is 32.0 Å². The summed E-state index contributed by atoms with van der Waals surface area (Å²) in [4.78, 5) is 14.2. The molecule has 0 saturated carbocycles. The lowest BCUT2D eigenvalue weighted by molar-refractivity contribution is -0.157. The summed E-state index contributed by atoms with van der Waals surface area (Å²) in [5.74, 6) is 0.0931. The van der Waals surface area contributed by atoms with Crippen molar-refractivity contribution in [3.8, 4) is 0 Å². The highest BCUT2D eigenvalue weighted by Gasteiger charge is 2.34. The molecular formula is C11H21ClN2O3. The minimum absolute atomic E-state index is 0. The van der Waals surface area contributed by atoms with E-state index in [0.717, 1.165) is 6.54 Å². The third kappa shape index (κ3) is 3.31. The summed E-state index contributed by atoms with van der Waals surface area (Å²) < 4.78 is 10.9. The van der Waals surface area contributed by atoms with E-state index in [1.165, 1.54) is 0 Å².